The van der Waals surface area contributed by atoms with Crippen molar-refractivity contribution in [1.29, 1.82) is 0 Å². The van der Waals surface area contributed by atoms with Gasteiger partial charge in [0.25, 0.3) is 5.91 Å². The quantitative estimate of drug-likeness (QED) is 0.447. The van der Waals surface area contributed by atoms with Gasteiger partial charge in [0.2, 0.25) is 5.95 Å². The van der Waals surface area contributed by atoms with E-state index in [-0.39, 0.29) is 28.9 Å². The van der Waals surface area contributed by atoms with Crippen LogP contribution in [-0.4, -0.2) is 43.2 Å². The third-order valence-electron chi connectivity index (χ3n) is 3.66. The highest BCUT2D eigenvalue weighted by atomic mass is 32.1. The number of aliphatic hydroxyl groups is 1. The Morgan fingerprint density at radius 2 is 2.08 bits per heavy atom. The Morgan fingerprint density at radius 3 is 2.69 bits per heavy atom. The lowest BCUT2D eigenvalue weighted by atomic mass is 10.1. The van der Waals surface area contributed by atoms with Gasteiger partial charge in [-0.3, -0.25) is 9.78 Å². The molecule has 0 saturated carbocycles. The number of carbonyl (C=O) groups is 1. The number of hydrogen-bond acceptors (Lipinski definition) is 9. The lowest BCUT2D eigenvalue weighted by molar-refractivity contribution is 0.100. The number of primary amides is 1. The molecule has 3 aromatic heterocycles. The zero-order valence-corrected chi connectivity index (χ0v) is 15.0. The first-order valence-corrected chi connectivity index (χ1v) is 8.47. The lowest BCUT2D eigenvalue weighted by Crippen LogP contribution is -2.35. The Hall–Kier alpha value is -2.98. The number of nitrogens with two attached hydrogens (primary N) is 2. The molecule has 7 N–H and O–H groups in total. The molecule has 10 heteroatoms. The second-order valence-electron chi connectivity index (χ2n) is 6.38. The van der Waals surface area contributed by atoms with Crippen LogP contribution in [0.15, 0.2) is 18.5 Å². The fourth-order valence-electron chi connectivity index (χ4n) is 2.37. The van der Waals surface area contributed by atoms with E-state index in [1.165, 1.54) is 18.5 Å². The van der Waals surface area contributed by atoms with Gasteiger partial charge in [-0.25, -0.2) is 9.97 Å². The number of thiophene rings is 1. The summed E-state index contributed by atoms with van der Waals surface area (Å²) in [5.41, 5.74) is 11.9. The number of hydrogen-bond donors (Lipinski definition) is 5. The molecule has 0 aliphatic rings. The van der Waals surface area contributed by atoms with Crippen molar-refractivity contribution in [3.8, 4) is 17.0 Å². The summed E-state index contributed by atoms with van der Waals surface area (Å²) < 4.78 is 0. The Kier molecular flexibility index (Phi) is 4.38. The molecule has 0 fully saturated rings. The highest BCUT2D eigenvalue weighted by Crippen LogP contribution is 2.39. The number of aromatic nitrogens is 3. The third kappa shape index (κ3) is 3.24. The monoisotopic (exact) mass is 374 g/mol. The van der Waals surface area contributed by atoms with Gasteiger partial charge in [-0.1, -0.05) is 0 Å². The molecule has 1 amide bonds. The first-order valence-electron chi connectivity index (χ1n) is 7.65. The highest BCUT2D eigenvalue weighted by molar-refractivity contribution is 7.21. The lowest BCUT2D eigenvalue weighted by Gasteiger charge is -2.23. The first-order chi connectivity index (χ1) is 12.2. The second-order valence-corrected chi connectivity index (χ2v) is 7.38. The second kappa shape index (κ2) is 6.39. The van der Waals surface area contributed by atoms with Gasteiger partial charge in [-0.05, 0) is 19.9 Å². The molecule has 26 heavy (non-hydrogen) atoms. The Morgan fingerprint density at radius 1 is 1.35 bits per heavy atom. The number of aromatic hydroxyl groups is 1. The number of aliphatic hydroxyl groups excluding tert-OH is 1. The predicted molar refractivity (Wildman–Crippen MR) is 100 cm³/mol. The normalized spacial score (nSPS) is 11.7. The topological polar surface area (TPSA) is 160 Å². The molecule has 0 spiro atoms. The number of anilines is 2. The maximum absolute atomic E-state index is 11.7. The molecule has 0 unspecified atom stereocenters. The highest BCUT2D eigenvalue weighted by Gasteiger charge is 2.23. The number of nitrogen functional groups attached to an aromatic ring is 1. The molecule has 0 atom stereocenters. The van der Waals surface area contributed by atoms with Gasteiger partial charge in [0.1, 0.15) is 15.5 Å². The maximum Gasteiger partial charge on any atom is 0.260 e. The predicted octanol–water partition coefficient (Wildman–Crippen LogP) is 1.32. The molecule has 3 aromatic rings. The van der Waals surface area contributed by atoms with E-state index >= 15 is 0 Å². The van der Waals surface area contributed by atoms with Gasteiger partial charge in [0, 0.05) is 11.8 Å². The molecular formula is C16H18N6O3S. The van der Waals surface area contributed by atoms with Crippen LogP contribution in [0.3, 0.4) is 0 Å². The van der Waals surface area contributed by atoms with Crippen LogP contribution >= 0.6 is 11.3 Å². The number of amides is 1. The van der Waals surface area contributed by atoms with E-state index in [1.54, 1.807) is 13.8 Å². The summed E-state index contributed by atoms with van der Waals surface area (Å²) in [4.78, 5) is 25.1. The molecule has 0 saturated heterocycles. The number of carbonyl (C=O) groups excluding carboxylic acids is 1. The van der Waals surface area contributed by atoms with Crippen LogP contribution in [-0.2, 0) is 0 Å². The average Bonchev–Trinajstić information content (AvgIpc) is 2.91. The van der Waals surface area contributed by atoms with Crippen molar-refractivity contribution in [3.63, 3.8) is 0 Å². The largest absolute Gasteiger partial charge is 0.506 e. The van der Waals surface area contributed by atoms with Crippen LogP contribution in [0.1, 0.15) is 23.5 Å². The van der Waals surface area contributed by atoms with Crippen molar-refractivity contribution in [3.05, 3.63) is 23.3 Å². The number of fused-ring (bicyclic) bond motifs is 1. The van der Waals surface area contributed by atoms with Crippen molar-refractivity contribution in [2.24, 2.45) is 5.73 Å². The fraction of sp³-hybridized carbons (Fsp3) is 0.250. The van der Waals surface area contributed by atoms with Crippen molar-refractivity contribution in [1.82, 2.24) is 15.0 Å². The molecule has 3 heterocycles. The van der Waals surface area contributed by atoms with E-state index in [9.17, 15) is 15.0 Å². The Bertz CT molecular complexity index is 1000. The number of rotatable bonds is 5. The fourth-order valence-corrected chi connectivity index (χ4v) is 3.32. The minimum absolute atomic E-state index is 0.0385. The SMILES string of the molecule is CC(C)(CO)Nc1nc(-c2cncc(O)c2)c2c(N)c(C(N)=O)sc2n1. The van der Waals surface area contributed by atoms with E-state index in [0.717, 1.165) is 11.3 Å². The summed E-state index contributed by atoms with van der Waals surface area (Å²) >= 11 is 1.06. The standard InChI is InChI=1S/C16H18N6O3S/c1-16(2,6-23)22-15-20-11(7-3-8(24)5-19-4-7)9-10(17)12(13(18)25)26-14(9)21-15/h3-5,23-24H,6,17H2,1-2H3,(H2,18,25)(H,20,21,22). The zero-order chi connectivity index (χ0) is 19.1. The van der Waals surface area contributed by atoms with Crippen molar-refractivity contribution < 1.29 is 15.0 Å². The number of nitrogens with zero attached hydrogens (tertiary/aromatic N) is 3. The molecule has 0 aliphatic carbocycles. The van der Waals surface area contributed by atoms with E-state index < -0.39 is 11.4 Å². The van der Waals surface area contributed by atoms with Gasteiger partial charge in [0.15, 0.2) is 0 Å². The van der Waals surface area contributed by atoms with Crippen LogP contribution in [0.25, 0.3) is 21.5 Å². The zero-order valence-electron chi connectivity index (χ0n) is 14.1. The van der Waals surface area contributed by atoms with E-state index in [0.29, 0.717) is 21.5 Å². The van der Waals surface area contributed by atoms with Crippen molar-refractivity contribution >= 4 is 39.1 Å². The minimum Gasteiger partial charge on any atom is -0.506 e. The first kappa shape index (κ1) is 17.8. The van der Waals surface area contributed by atoms with Gasteiger partial charge in [-0.2, -0.15) is 0 Å². The maximum atomic E-state index is 11.7. The van der Waals surface area contributed by atoms with E-state index in [4.69, 9.17) is 11.5 Å². The molecule has 9 nitrogen and oxygen atoms in total. The molecule has 3 rings (SSSR count). The summed E-state index contributed by atoms with van der Waals surface area (Å²) in [5, 5.41) is 22.7. The van der Waals surface area contributed by atoms with Gasteiger partial charge in [-0.15, -0.1) is 11.3 Å². The van der Waals surface area contributed by atoms with E-state index in [1.807, 2.05) is 0 Å². The molecule has 0 aliphatic heterocycles. The Labute approximate surface area is 152 Å². The minimum atomic E-state index is -0.669. The smallest absolute Gasteiger partial charge is 0.260 e. The molecule has 0 bridgehead atoms. The van der Waals surface area contributed by atoms with Crippen molar-refractivity contribution in [2.75, 3.05) is 17.7 Å². The van der Waals surface area contributed by atoms with Crippen LogP contribution in [0.5, 0.6) is 5.75 Å². The van der Waals surface area contributed by atoms with Gasteiger partial charge < -0.3 is 27.0 Å². The van der Waals surface area contributed by atoms with Crippen molar-refractivity contribution in [2.45, 2.75) is 19.4 Å². The summed E-state index contributed by atoms with van der Waals surface area (Å²) in [5.74, 6) is -0.453. The molecule has 0 aromatic carbocycles. The Balaban J connectivity index is 2.29. The molecular weight excluding hydrogens is 356 g/mol. The summed E-state index contributed by atoms with van der Waals surface area (Å²) in [7, 11) is 0. The number of nitrogens with one attached hydrogen (secondary N) is 1. The van der Waals surface area contributed by atoms with Gasteiger partial charge in [0.05, 0.1) is 35.1 Å². The summed E-state index contributed by atoms with van der Waals surface area (Å²) in [6, 6.07) is 1.48. The van der Waals surface area contributed by atoms with Gasteiger partial charge >= 0.3 is 0 Å². The van der Waals surface area contributed by atoms with Crippen LogP contribution in [0.2, 0.25) is 0 Å². The molecule has 136 valence electrons. The van der Waals surface area contributed by atoms with Crippen LogP contribution < -0.4 is 16.8 Å². The van der Waals surface area contributed by atoms with Crippen LogP contribution in [0.4, 0.5) is 11.6 Å². The average molecular weight is 374 g/mol. The third-order valence-corrected chi connectivity index (χ3v) is 4.77. The van der Waals surface area contributed by atoms with Crippen LogP contribution in [0, 0.1) is 0 Å². The van der Waals surface area contributed by atoms with E-state index in [2.05, 4.69) is 20.3 Å². The number of pyridine rings is 1. The summed E-state index contributed by atoms with van der Waals surface area (Å²) in [6.07, 6.45) is 2.81. The molecule has 0 radical (unpaired) electrons. The summed E-state index contributed by atoms with van der Waals surface area (Å²) in [6.45, 7) is 3.43.